The molecule has 1 aromatic heterocycles. The van der Waals surface area contributed by atoms with Crippen molar-refractivity contribution < 1.29 is 4.79 Å². The van der Waals surface area contributed by atoms with Crippen LogP contribution in [0.1, 0.15) is 12.8 Å². The van der Waals surface area contributed by atoms with Crippen molar-refractivity contribution in [1.29, 1.82) is 0 Å². The van der Waals surface area contributed by atoms with Gasteiger partial charge in [-0.05, 0) is 18.6 Å². The van der Waals surface area contributed by atoms with Gasteiger partial charge in [0.25, 0.3) is 0 Å². The van der Waals surface area contributed by atoms with Crippen molar-refractivity contribution >= 4 is 35.5 Å². The van der Waals surface area contributed by atoms with E-state index < -0.39 is 0 Å². The van der Waals surface area contributed by atoms with E-state index in [2.05, 4.69) is 0 Å². The Balaban J connectivity index is 0.000000720. The van der Waals surface area contributed by atoms with Crippen LogP contribution in [0.5, 0.6) is 0 Å². The molecule has 1 saturated heterocycles. The Kier molecular flexibility index (Phi) is 3.38. The van der Waals surface area contributed by atoms with Gasteiger partial charge in [-0.25, -0.2) is 0 Å². The third kappa shape index (κ3) is 1.73. The Labute approximate surface area is 93.6 Å². The molecule has 12 heavy (non-hydrogen) atoms. The van der Waals surface area contributed by atoms with Crippen LogP contribution in [0.4, 0.5) is 0 Å². The van der Waals surface area contributed by atoms with Crippen LogP contribution in [0.3, 0.4) is 0 Å². The van der Waals surface area contributed by atoms with Crippen LogP contribution in [-0.2, 0) is 4.79 Å². The fraction of sp³-hybridized carbons (Fsp3) is 0.375. The molecule has 0 radical (unpaired) electrons. The molecule has 0 atom stereocenters. The van der Waals surface area contributed by atoms with Gasteiger partial charge in [-0.3, -0.25) is 14.5 Å². The predicted octanol–water partition coefficient (Wildman–Crippen LogP) is 0.0980. The molecule has 2 heterocycles. The quantitative estimate of drug-likeness (QED) is 0.554. The fourth-order valence-corrected chi connectivity index (χ4v) is 1.36. The summed E-state index contributed by atoms with van der Waals surface area (Å²) in [5, 5.41) is 1.76. The van der Waals surface area contributed by atoms with Gasteiger partial charge in [0, 0.05) is 25.4 Å². The van der Waals surface area contributed by atoms with E-state index >= 15 is 0 Å². The number of carbonyl (C=O) groups is 1. The van der Waals surface area contributed by atoms with Crippen LogP contribution < -0.4 is 5.01 Å². The molecule has 1 aromatic rings. The number of aromatic nitrogens is 1. The molecule has 0 spiro atoms. The Morgan fingerprint density at radius 3 is 2.42 bits per heavy atom. The first-order valence-electron chi connectivity index (χ1n) is 3.81. The van der Waals surface area contributed by atoms with Gasteiger partial charge in [-0.2, -0.15) is 0 Å². The van der Waals surface area contributed by atoms with Crippen molar-refractivity contribution in [3.05, 3.63) is 24.5 Å². The monoisotopic (exact) mass is 174 g/mol. The first kappa shape index (κ1) is 9.84. The average Bonchev–Trinajstić information content (AvgIpc) is 2.55. The topological polar surface area (TPSA) is 25.2 Å². The zero-order valence-corrected chi connectivity index (χ0v) is 6.23. The number of carbonyl (C=O) groups excluding carboxylic acids is 1. The number of nitrogens with zero attached hydrogens (tertiary/aromatic N) is 2. The van der Waals surface area contributed by atoms with E-state index in [9.17, 15) is 4.79 Å². The molecule has 0 saturated carbocycles. The summed E-state index contributed by atoms with van der Waals surface area (Å²) in [6.45, 7) is 0.855. The molecule has 1 fully saturated rings. The summed E-state index contributed by atoms with van der Waals surface area (Å²) in [7, 11) is 0. The van der Waals surface area contributed by atoms with Crippen molar-refractivity contribution in [3.63, 3.8) is 0 Å². The van der Waals surface area contributed by atoms with Crippen molar-refractivity contribution in [2.75, 3.05) is 11.6 Å². The SMILES string of the molecule is O=C1CCCN1n1cccc1.[NaH]. The fourth-order valence-electron chi connectivity index (χ4n) is 1.36. The molecular weight excluding hydrogens is 163 g/mol. The van der Waals surface area contributed by atoms with Crippen LogP contribution in [0.2, 0.25) is 0 Å². The van der Waals surface area contributed by atoms with E-state index in [1.807, 2.05) is 29.2 Å². The Morgan fingerprint density at radius 1 is 1.25 bits per heavy atom. The third-order valence-corrected chi connectivity index (χ3v) is 1.92. The Bertz CT molecular complexity index is 258. The minimum atomic E-state index is 0. The van der Waals surface area contributed by atoms with Gasteiger partial charge in [-0.1, -0.05) is 0 Å². The zero-order valence-electron chi connectivity index (χ0n) is 6.23. The molecule has 1 amide bonds. The van der Waals surface area contributed by atoms with Crippen LogP contribution in [0, 0.1) is 0 Å². The molecule has 4 heteroatoms. The van der Waals surface area contributed by atoms with E-state index in [1.54, 1.807) is 5.01 Å². The van der Waals surface area contributed by atoms with Gasteiger partial charge >= 0.3 is 29.6 Å². The minimum absolute atomic E-state index is 0. The predicted molar refractivity (Wildman–Crippen MR) is 48.9 cm³/mol. The third-order valence-electron chi connectivity index (χ3n) is 1.92. The van der Waals surface area contributed by atoms with E-state index in [4.69, 9.17) is 0 Å². The van der Waals surface area contributed by atoms with E-state index in [1.165, 1.54) is 0 Å². The summed E-state index contributed by atoms with van der Waals surface area (Å²) in [4.78, 5) is 11.2. The summed E-state index contributed by atoms with van der Waals surface area (Å²) in [5.41, 5.74) is 0. The number of rotatable bonds is 1. The second-order valence-electron chi connectivity index (χ2n) is 2.68. The zero-order chi connectivity index (χ0) is 7.68. The summed E-state index contributed by atoms with van der Waals surface area (Å²) < 4.78 is 1.84. The molecule has 0 N–H and O–H groups in total. The van der Waals surface area contributed by atoms with Crippen LogP contribution in [-0.4, -0.2) is 46.7 Å². The first-order chi connectivity index (χ1) is 5.38. The molecular formula is C8H11N2NaO. The Morgan fingerprint density at radius 2 is 1.92 bits per heavy atom. The summed E-state index contributed by atoms with van der Waals surface area (Å²) >= 11 is 0. The molecule has 3 nitrogen and oxygen atoms in total. The molecule has 0 bridgehead atoms. The average molecular weight is 174 g/mol. The van der Waals surface area contributed by atoms with Gasteiger partial charge in [0.2, 0.25) is 5.91 Å². The summed E-state index contributed by atoms with van der Waals surface area (Å²) in [6.07, 6.45) is 5.46. The van der Waals surface area contributed by atoms with Crippen LogP contribution in [0.15, 0.2) is 24.5 Å². The van der Waals surface area contributed by atoms with Crippen LogP contribution in [0.25, 0.3) is 0 Å². The van der Waals surface area contributed by atoms with Crippen molar-refractivity contribution in [1.82, 2.24) is 4.68 Å². The normalized spacial score (nSPS) is 16.3. The molecule has 0 aliphatic carbocycles. The molecule has 0 aromatic carbocycles. The van der Waals surface area contributed by atoms with Gasteiger partial charge in [0.15, 0.2) is 0 Å². The number of amides is 1. The molecule has 2 rings (SSSR count). The van der Waals surface area contributed by atoms with Gasteiger partial charge in [0.05, 0.1) is 0 Å². The summed E-state index contributed by atoms with van der Waals surface area (Å²) in [6, 6.07) is 3.84. The molecule has 0 unspecified atom stereocenters. The molecule has 1 aliphatic rings. The van der Waals surface area contributed by atoms with Crippen molar-refractivity contribution in [2.45, 2.75) is 12.8 Å². The van der Waals surface area contributed by atoms with Crippen molar-refractivity contribution in [3.8, 4) is 0 Å². The Hall–Kier alpha value is -0.250. The van der Waals surface area contributed by atoms with Crippen LogP contribution >= 0.6 is 0 Å². The second-order valence-corrected chi connectivity index (χ2v) is 2.68. The van der Waals surface area contributed by atoms with Gasteiger partial charge < -0.3 is 0 Å². The van der Waals surface area contributed by atoms with E-state index in [0.717, 1.165) is 13.0 Å². The first-order valence-corrected chi connectivity index (χ1v) is 3.81. The van der Waals surface area contributed by atoms with E-state index in [-0.39, 0.29) is 35.5 Å². The second kappa shape index (κ2) is 4.12. The molecule has 1 aliphatic heterocycles. The maximum atomic E-state index is 11.2. The number of hydrogen-bond acceptors (Lipinski definition) is 1. The standard InChI is InChI=1S/C8H10N2O.Na.H/c11-8-4-3-7-10(8)9-5-1-2-6-9;;/h1-2,5-6H,3-4,7H2;;. The summed E-state index contributed by atoms with van der Waals surface area (Å²) in [5.74, 6) is 0.223. The number of hydrogen-bond donors (Lipinski definition) is 0. The maximum absolute atomic E-state index is 11.2. The van der Waals surface area contributed by atoms with Gasteiger partial charge in [-0.15, -0.1) is 0 Å². The molecule has 60 valence electrons. The van der Waals surface area contributed by atoms with Crippen molar-refractivity contribution in [2.24, 2.45) is 0 Å². The van der Waals surface area contributed by atoms with E-state index in [0.29, 0.717) is 6.42 Å². The van der Waals surface area contributed by atoms with Gasteiger partial charge in [0.1, 0.15) is 0 Å².